The summed E-state index contributed by atoms with van der Waals surface area (Å²) >= 11 is 0. The van der Waals surface area contributed by atoms with Crippen molar-refractivity contribution in [1.29, 1.82) is 0 Å². The zero-order valence-electron chi connectivity index (χ0n) is 19.9. The van der Waals surface area contributed by atoms with Crippen LogP contribution in [0.15, 0.2) is 24.3 Å². The molecule has 0 aromatic carbocycles. The van der Waals surface area contributed by atoms with Crippen molar-refractivity contribution < 1.29 is 29.6 Å². The van der Waals surface area contributed by atoms with E-state index in [2.05, 4.69) is 6.58 Å². The molecular formula is C25H40O6. The van der Waals surface area contributed by atoms with Crippen LogP contribution < -0.4 is 0 Å². The van der Waals surface area contributed by atoms with Crippen LogP contribution in [0.25, 0.3) is 0 Å². The summed E-state index contributed by atoms with van der Waals surface area (Å²) in [5.41, 5.74) is -2.18. The molecule has 2 aliphatic carbocycles. The first-order chi connectivity index (χ1) is 14.2. The summed E-state index contributed by atoms with van der Waals surface area (Å²) in [6.07, 6.45) is 3.24. The quantitative estimate of drug-likeness (QED) is 0.336. The van der Waals surface area contributed by atoms with Gasteiger partial charge in [0.15, 0.2) is 0 Å². The topological polar surface area (TPSA) is 96.2 Å². The molecule has 6 nitrogen and oxygen atoms in total. The second-order valence-electron chi connectivity index (χ2n) is 11.0. The van der Waals surface area contributed by atoms with Crippen LogP contribution in [0.3, 0.4) is 0 Å². The van der Waals surface area contributed by atoms with Crippen LogP contribution in [0.5, 0.6) is 0 Å². The van der Waals surface area contributed by atoms with E-state index in [-0.39, 0.29) is 17.3 Å². The van der Waals surface area contributed by atoms with Gasteiger partial charge in [-0.1, -0.05) is 26.0 Å². The summed E-state index contributed by atoms with van der Waals surface area (Å²) in [6, 6.07) is 0. The summed E-state index contributed by atoms with van der Waals surface area (Å²) in [6.45, 7) is 15.4. The zero-order chi connectivity index (χ0) is 23.4. The SMILES string of the molecule is C=CC(C)(O)CCC1C23COC1(C)C(O)CC2C(C)(C)C(O)C(OC(=O)C(C)=CC)C3. The summed E-state index contributed by atoms with van der Waals surface area (Å²) in [5.74, 6) is -0.464. The molecular weight excluding hydrogens is 396 g/mol. The van der Waals surface area contributed by atoms with Crippen LogP contribution in [-0.4, -0.2) is 57.4 Å². The van der Waals surface area contributed by atoms with Gasteiger partial charge in [-0.05, 0) is 70.6 Å². The van der Waals surface area contributed by atoms with Gasteiger partial charge >= 0.3 is 5.97 Å². The lowest BCUT2D eigenvalue weighted by molar-refractivity contribution is -0.217. The first kappa shape index (κ1) is 24.4. The molecule has 1 saturated heterocycles. The van der Waals surface area contributed by atoms with Crippen LogP contribution in [0.1, 0.15) is 67.2 Å². The number of rotatable bonds is 6. The second kappa shape index (κ2) is 7.98. The molecule has 0 aromatic heterocycles. The lowest BCUT2D eigenvalue weighted by Crippen LogP contribution is -2.66. The number of allylic oxidation sites excluding steroid dienone is 1. The van der Waals surface area contributed by atoms with E-state index in [1.807, 2.05) is 20.8 Å². The number of aliphatic hydroxyl groups is 3. The highest BCUT2D eigenvalue weighted by molar-refractivity contribution is 5.87. The third-order valence-electron chi connectivity index (χ3n) is 8.84. The minimum Gasteiger partial charge on any atom is -0.456 e. The van der Waals surface area contributed by atoms with Crippen molar-refractivity contribution >= 4 is 5.97 Å². The van der Waals surface area contributed by atoms with E-state index in [1.54, 1.807) is 32.9 Å². The highest BCUT2D eigenvalue weighted by atomic mass is 16.6. The van der Waals surface area contributed by atoms with Crippen LogP contribution in [0, 0.1) is 22.7 Å². The minimum absolute atomic E-state index is 0.00276. The molecule has 2 saturated carbocycles. The van der Waals surface area contributed by atoms with Gasteiger partial charge in [-0.15, -0.1) is 6.58 Å². The Bertz CT molecular complexity index is 755. The monoisotopic (exact) mass is 436 g/mol. The van der Waals surface area contributed by atoms with E-state index in [0.29, 0.717) is 37.9 Å². The molecule has 3 aliphatic rings. The van der Waals surface area contributed by atoms with Crippen molar-refractivity contribution in [3.8, 4) is 0 Å². The largest absolute Gasteiger partial charge is 0.456 e. The highest BCUT2D eigenvalue weighted by Crippen LogP contribution is 2.67. The Labute approximate surface area is 186 Å². The first-order valence-electron chi connectivity index (χ1n) is 11.4. The molecule has 3 fully saturated rings. The maximum atomic E-state index is 12.5. The smallest absolute Gasteiger partial charge is 0.333 e. The van der Waals surface area contributed by atoms with E-state index < -0.39 is 40.9 Å². The number of carbonyl (C=O) groups excluding carboxylic acids is 1. The fraction of sp³-hybridized carbons (Fsp3) is 0.800. The molecule has 176 valence electrons. The predicted molar refractivity (Wildman–Crippen MR) is 118 cm³/mol. The van der Waals surface area contributed by atoms with Gasteiger partial charge in [-0.25, -0.2) is 4.79 Å². The van der Waals surface area contributed by atoms with E-state index >= 15 is 0 Å². The van der Waals surface area contributed by atoms with Crippen molar-refractivity contribution in [2.24, 2.45) is 22.7 Å². The van der Waals surface area contributed by atoms with Gasteiger partial charge in [-0.3, -0.25) is 0 Å². The molecule has 3 rings (SSSR count). The van der Waals surface area contributed by atoms with Crippen LogP contribution in [0.2, 0.25) is 0 Å². The third-order valence-corrected chi connectivity index (χ3v) is 8.84. The molecule has 0 amide bonds. The normalized spacial score (nSPS) is 43.6. The van der Waals surface area contributed by atoms with Crippen molar-refractivity contribution in [3.05, 3.63) is 24.3 Å². The van der Waals surface area contributed by atoms with Gasteiger partial charge in [0.05, 0.1) is 30.0 Å². The number of carbonyl (C=O) groups is 1. The Morgan fingerprint density at radius 2 is 1.97 bits per heavy atom. The van der Waals surface area contributed by atoms with Crippen molar-refractivity contribution in [2.45, 2.75) is 96.7 Å². The Morgan fingerprint density at radius 1 is 1.32 bits per heavy atom. The number of hydrogen-bond donors (Lipinski definition) is 3. The van der Waals surface area contributed by atoms with E-state index in [1.165, 1.54) is 0 Å². The number of fused-ring (bicyclic) bond motifs is 1. The van der Waals surface area contributed by atoms with Crippen molar-refractivity contribution in [3.63, 3.8) is 0 Å². The van der Waals surface area contributed by atoms with Gasteiger partial charge in [0, 0.05) is 11.0 Å². The van der Waals surface area contributed by atoms with Crippen molar-refractivity contribution in [2.75, 3.05) is 6.61 Å². The van der Waals surface area contributed by atoms with E-state index in [9.17, 15) is 20.1 Å². The zero-order valence-corrected chi connectivity index (χ0v) is 19.9. The summed E-state index contributed by atoms with van der Waals surface area (Å²) in [7, 11) is 0. The number of aliphatic hydroxyl groups excluding tert-OH is 2. The molecule has 0 aromatic rings. The van der Waals surface area contributed by atoms with Crippen LogP contribution >= 0.6 is 0 Å². The summed E-state index contributed by atoms with van der Waals surface area (Å²) < 4.78 is 12.1. The van der Waals surface area contributed by atoms with Gasteiger partial charge in [0.2, 0.25) is 0 Å². The lowest BCUT2D eigenvalue weighted by Gasteiger charge is -2.61. The van der Waals surface area contributed by atoms with E-state index in [0.717, 1.165) is 0 Å². The average molecular weight is 437 g/mol. The van der Waals surface area contributed by atoms with Gasteiger partial charge in [-0.2, -0.15) is 0 Å². The minimum atomic E-state index is -1.01. The number of hydrogen-bond acceptors (Lipinski definition) is 6. The number of ether oxygens (including phenoxy) is 2. The molecule has 0 radical (unpaired) electrons. The molecule has 8 atom stereocenters. The fourth-order valence-electron chi connectivity index (χ4n) is 6.55. The Morgan fingerprint density at radius 3 is 2.55 bits per heavy atom. The molecule has 2 bridgehead atoms. The highest BCUT2D eigenvalue weighted by Gasteiger charge is 2.71. The van der Waals surface area contributed by atoms with Gasteiger partial charge < -0.3 is 24.8 Å². The van der Waals surface area contributed by atoms with Gasteiger partial charge in [0.1, 0.15) is 6.10 Å². The maximum absolute atomic E-state index is 12.5. The standard InChI is InChI=1S/C25H40O6/c1-8-15(3)21(28)31-16-13-25-14-30-24(7,17(25)10-11-23(6,29)9-2)19(26)12-18(25)22(4,5)20(16)27/h8-9,16-20,26-27,29H,2,10-14H2,1,3-7H3. The molecule has 3 N–H and O–H groups in total. The molecule has 1 aliphatic heterocycles. The summed E-state index contributed by atoms with van der Waals surface area (Å²) in [5, 5.41) is 32.9. The van der Waals surface area contributed by atoms with Gasteiger partial charge in [0.25, 0.3) is 0 Å². The van der Waals surface area contributed by atoms with Crippen LogP contribution in [-0.2, 0) is 14.3 Å². The maximum Gasteiger partial charge on any atom is 0.333 e. The Kier molecular flexibility index (Phi) is 6.29. The lowest BCUT2D eigenvalue weighted by atomic mass is 9.44. The third kappa shape index (κ3) is 3.79. The Balaban J connectivity index is 2.00. The molecule has 1 spiro atoms. The molecule has 31 heavy (non-hydrogen) atoms. The Hall–Kier alpha value is -1.21. The molecule has 1 heterocycles. The average Bonchev–Trinajstić information content (AvgIpc) is 2.93. The molecule has 8 unspecified atom stereocenters. The van der Waals surface area contributed by atoms with E-state index in [4.69, 9.17) is 9.47 Å². The number of esters is 1. The second-order valence-corrected chi connectivity index (χ2v) is 11.0. The predicted octanol–water partition coefficient (Wildman–Crippen LogP) is 3.14. The van der Waals surface area contributed by atoms with Crippen LogP contribution in [0.4, 0.5) is 0 Å². The van der Waals surface area contributed by atoms with Crippen molar-refractivity contribution in [1.82, 2.24) is 0 Å². The first-order valence-corrected chi connectivity index (χ1v) is 11.4. The summed E-state index contributed by atoms with van der Waals surface area (Å²) in [4.78, 5) is 12.5. The molecule has 6 heteroatoms. The fourth-order valence-corrected chi connectivity index (χ4v) is 6.55.